The zero-order chi connectivity index (χ0) is 21.3. The average molecular weight is 469 g/mol. The van der Waals surface area contributed by atoms with Gasteiger partial charge in [0, 0.05) is 45.8 Å². The second-order valence-electron chi connectivity index (χ2n) is 8.22. The molecule has 1 aromatic carbocycles. The standard InChI is InChI=1S/C23H25BrN4O2/c1-15-4-2-3-9-28(15)22(29)14-27-13-17(20-11-18(24)5-8-21(20)27)10-16(12-25)23(30)26-19-6-7-19/h5,8,10-11,13,15,19H,2-4,6-7,9,14H2,1H3,(H,26,30)/b16-10+/t15-/m1/s1. The summed E-state index contributed by atoms with van der Waals surface area (Å²) < 4.78 is 2.82. The molecule has 1 saturated heterocycles. The lowest BCUT2D eigenvalue weighted by Gasteiger charge is -2.33. The number of carbonyl (C=O) groups excluding carboxylic acids is 2. The number of fused-ring (bicyclic) bond motifs is 1. The fourth-order valence-corrected chi connectivity index (χ4v) is 4.40. The number of nitrogens with zero attached hydrogens (tertiary/aromatic N) is 3. The zero-order valence-corrected chi connectivity index (χ0v) is 18.6. The van der Waals surface area contributed by atoms with E-state index in [9.17, 15) is 14.9 Å². The SMILES string of the molecule is C[C@@H]1CCCCN1C(=O)Cn1cc(/C=C(\C#N)C(=O)NC2CC2)c2cc(Br)ccc21. The van der Waals surface area contributed by atoms with E-state index in [0.717, 1.165) is 53.2 Å². The van der Waals surface area contributed by atoms with E-state index >= 15 is 0 Å². The molecule has 4 rings (SSSR count). The second-order valence-corrected chi connectivity index (χ2v) is 9.14. The summed E-state index contributed by atoms with van der Waals surface area (Å²) in [6.45, 7) is 3.15. The molecule has 30 heavy (non-hydrogen) atoms. The van der Waals surface area contributed by atoms with Crippen LogP contribution < -0.4 is 5.32 Å². The maximum atomic E-state index is 13.0. The van der Waals surface area contributed by atoms with Gasteiger partial charge >= 0.3 is 0 Å². The first-order valence-corrected chi connectivity index (χ1v) is 11.3. The van der Waals surface area contributed by atoms with Crippen molar-refractivity contribution in [3.05, 3.63) is 40.0 Å². The molecule has 1 N–H and O–H groups in total. The number of halogens is 1. The lowest BCUT2D eigenvalue weighted by atomic mass is 10.0. The number of nitrogens with one attached hydrogen (secondary N) is 1. The largest absolute Gasteiger partial charge is 0.349 e. The second kappa shape index (κ2) is 8.65. The Labute approximate surface area is 184 Å². The van der Waals surface area contributed by atoms with Crippen LogP contribution in [0.3, 0.4) is 0 Å². The maximum absolute atomic E-state index is 13.0. The minimum Gasteiger partial charge on any atom is -0.349 e. The van der Waals surface area contributed by atoms with Crippen LogP contribution in [0.5, 0.6) is 0 Å². The van der Waals surface area contributed by atoms with Gasteiger partial charge in [-0.1, -0.05) is 15.9 Å². The lowest BCUT2D eigenvalue weighted by Crippen LogP contribution is -2.43. The molecule has 1 saturated carbocycles. The highest BCUT2D eigenvalue weighted by Crippen LogP contribution is 2.28. The molecular weight excluding hydrogens is 444 g/mol. The van der Waals surface area contributed by atoms with Crippen molar-refractivity contribution in [2.45, 2.75) is 57.7 Å². The third-order valence-electron chi connectivity index (χ3n) is 5.88. The number of carbonyl (C=O) groups is 2. The van der Waals surface area contributed by atoms with Crippen molar-refractivity contribution in [3.63, 3.8) is 0 Å². The van der Waals surface area contributed by atoms with Crippen LogP contribution in [0, 0.1) is 11.3 Å². The predicted molar refractivity (Wildman–Crippen MR) is 119 cm³/mol. The van der Waals surface area contributed by atoms with E-state index in [2.05, 4.69) is 28.2 Å². The summed E-state index contributed by atoms with van der Waals surface area (Å²) >= 11 is 3.50. The van der Waals surface area contributed by atoms with Crippen LogP contribution in [0.1, 0.15) is 44.6 Å². The average Bonchev–Trinajstić information content (AvgIpc) is 3.48. The monoisotopic (exact) mass is 468 g/mol. The Morgan fingerprint density at radius 3 is 2.80 bits per heavy atom. The predicted octanol–water partition coefficient (Wildman–Crippen LogP) is 3.99. The number of likely N-dealkylation sites (tertiary alicyclic amines) is 1. The smallest absolute Gasteiger partial charge is 0.262 e. The summed E-state index contributed by atoms with van der Waals surface area (Å²) in [6, 6.07) is 8.33. The molecule has 0 bridgehead atoms. The van der Waals surface area contributed by atoms with Crippen LogP contribution >= 0.6 is 15.9 Å². The van der Waals surface area contributed by atoms with Gasteiger partial charge in [0.25, 0.3) is 5.91 Å². The van der Waals surface area contributed by atoms with Crippen molar-refractivity contribution in [3.8, 4) is 6.07 Å². The molecule has 2 heterocycles. The summed E-state index contributed by atoms with van der Waals surface area (Å²) in [4.78, 5) is 27.3. The van der Waals surface area contributed by atoms with Crippen LogP contribution in [0.15, 0.2) is 34.4 Å². The van der Waals surface area contributed by atoms with Gasteiger partial charge in [-0.2, -0.15) is 5.26 Å². The topological polar surface area (TPSA) is 78.1 Å². The number of hydrogen-bond acceptors (Lipinski definition) is 3. The maximum Gasteiger partial charge on any atom is 0.262 e. The molecule has 2 aliphatic rings. The summed E-state index contributed by atoms with van der Waals surface area (Å²) in [6.07, 6.45) is 8.68. The highest BCUT2D eigenvalue weighted by molar-refractivity contribution is 9.10. The minimum atomic E-state index is -0.339. The first-order valence-electron chi connectivity index (χ1n) is 10.5. The van der Waals surface area contributed by atoms with Crippen molar-refractivity contribution >= 4 is 44.7 Å². The number of rotatable bonds is 5. The fourth-order valence-electron chi connectivity index (χ4n) is 4.04. The number of hydrogen-bond donors (Lipinski definition) is 1. The van der Waals surface area contributed by atoms with Crippen molar-refractivity contribution in [2.24, 2.45) is 0 Å². The number of piperidine rings is 1. The van der Waals surface area contributed by atoms with Crippen molar-refractivity contribution in [1.29, 1.82) is 5.26 Å². The summed E-state index contributed by atoms with van der Waals surface area (Å²) in [5, 5.41) is 13.3. The number of amides is 2. The summed E-state index contributed by atoms with van der Waals surface area (Å²) in [5.41, 5.74) is 1.74. The molecule has 0 radical (unpaired) electrons. The van der Waals surface area contributed by atoms with E-state index in [1.54, 1.807) is 6.08 Å². The normalized spacial score (nSPS) is 19.6. The molecule has 1 aliphatic carbocycles. The molecular formula is C23H25BrN4O2. The lowest BCUT2D eigenvalue weighted by molar-refractivity contribution is -0.135. The number of aromatic nitrogens is 1. The van der Waals surface area contributed by atoms with E-state index in [-0.39, 0.29) is 36.0 Å². The van der Waals surface area contributed by atoms with E-state index in [1.165, 1.54) is 6.42 Å². The van der Waals surface area contributed by atoms with Gasteiger partial charge in [-0.25, -0.2) is 0 Å². The van der Waals surface area contributed by atoms with Crippen LogP contribution in [0.4, 0.5) is 0 Å². The van der Waals surface area contributed by atoms with Gasteiger partial charge in [0.15, 0.2) is 0 Å². The molecule has 1 atom stereocenters. The van der Waals surface area contributed by atoms with Crippen molar-refractivity contribution in [2.75, 3.05) is 6.54 Å². The van der Waals surface area contributed by atoms with Gasteiger partial charge in [0.1, 0.15) is 18.2 Å². The first kappa shape index (κ1) is 20.7. The van der Waals surface area contributed by atoms with E-state index in [4.69, 9.17) is 0 Å². The molecule has 6 nitrogen and oxygen atoms in total. The van der Waals surface area contributed by atoms with Gasteiger partial charge in [0.2, 0.25) is 5.91 Å². The fraction of sp³-hybridized carbons (Fsp3) is 0.435. The van der Waals surface area contributed by atoms with E-state index < -0.39 is 0 Å². The van der Waals surface area contributed by atoms with Crippen LogP contribution in [0.25, 0.3) is 17.0 Å². The van der Waals surface area contributed by atoms with E-state index in [0.29, 0.717) is 0 Å². The Morgan fingerprint density at radius 2 is 2.10 bits per heavy atom. The molecule has 2 fully saturated rings. The molecule has 1 aromatic heterocycles. The molecule has 2 amide bonds. The van der Waals surface area contributed by atoms with Gasteiger partial charge in [-0.3, -0.25) is 9.59 Å². The Balaban J connectivity index is 1.66. The van der Waals surface area contributed by atoms with Gasteiger partial charge in [-0.15, -0.1) is 0 Å². The van der Waals surface area contributed by atoms with Crippen LogP contribution in [0.2, 0.25) is 0 Å². The molecule has 7 heteroatoms. The molecule has 0 unspecified atom stereocenters. The van der Waals surface area contributed by atoms with Crippen molar-refractivity contribution in [1.82, 2.24) is 14.8 Å². The van der Waals surface area contributed by atoms with Gasteiger partial charge < -0.3 is 14.8 Å². The van der Waals surface area contributed by atoms with Crippen LogP contribution in [-0.2, 0) is 16.1 Å². The first-order chi connectivity index (χ1) is 14.5. The third-order valence-corrected chi connectivity index (χ3v) is 6.37. The number of nitriles is 1. The van der Waals surface area contributed by atoms with E-state index in [1.807, 2.05) is 39.9 Å². The Kier molecular flexibility index (Phi) is 5.96. The zero-order valence-electron chi connectivity index (χ0n) is 17.0. The molecule has 1 aliphatic heterocycles. The van der Waals surface area contributed by atoms with Gasteiger partial charge in [-0.05, 0) is 63.3 Å². The third kappa shape index (κ3) is 4.44. The van der Waals surface area contributed by atoms with Crippen LogP contribution in [-0.4, -0.2) is 39.9 Å². The molecule has 0 spiro atoms. The Bertz CT molecular complexity index is 1060. The summed E-state index contributed by atoms with van der Waals surface area (Å²) in [5.74, 6) is -0.237. The minimum absolute atomic E-state index is 0.0805. The highest BCUT2D eigenvalue weighted by atomic mass is 79.9. The Morgan fingerprint density at radius 1 is 1.30 bits per heavy atom. The summed E-state index contributed by atoms with van der Waals surface area (Å²) in [7, 11) is 0. The number of benzene rings is 1. The van der Waals surface area contributed by atoms with Gasteiger partial charge in [0.05, 0.1) is 0 Å². The highest BCUT2D eigenvalue weighted by Gasteiger charge is 2.26. The quantitative estimate of drug-likeness (QED) is 0.532. The Hall–Kier alpha value is -2.59. The molecule has 156 valence electrons. The van der Waals surface area contributed by atoms with Crippen molar-refractivity contribution < 1.29 is 9.59 Å². The molecule has 2 aromatic rings.